The van der Waals surface area contributed by atoms with Gasteiger partial charge in [0.05, 0.1) is 23.5 Å². The van der Waals surface area contributed by atoms with Crippen LogP contribution >= 0.6 is 0 Å². The van der Waals surface area contributed by atoms with Crippen LogP contribution in [0.4, 0.5) is 13.2 Å². The molecule has 1 heterocycles. The summed E-state index contributed by atoms with van der Waals surface area (Å²) in [6.45, 7) is 4.42. The second kappa shape index (κ2) is 11.6. The number of aryl methyl sites for hydroxylation is 1. The first kappa shape index (κ1) is 30.5. The van der Waals surface area contributed by atoms with Gasteiger partial charge >= 0.3 is 6.18 Å². The van der Waals surface area contributed by atoms with Crippen molar-refractivity contribution in [2.24, 2.45) is 11.3 Å². The Balaban J connectivity index is 1.85. The van der Waals surface area contributed by atoms with Crippen molar-refractivity contribution in [1.29, 1.82) is 5.26 Å². The summed E-state index contributed by atoms with van der Waals surface area (Å²) in [5.74, 6) is 0.280. The smallest absolute Gasteiger partial charge is 0.394 e. The number of nitrogens with one attached hydrogen (secondary N) is 1. The SMILES string of the molecule is CCc1nc(C(=O)NCC2CCC(S(C)(=O)=O)CC2)c(C#N)n1-c1ccc(CC(C)(C)C(F)(F)F)cc1OC. The number of carbonyl (C=O) groups is 1. The van der Waals surface area contributed by atoms with Crippen LogP contribution in [0.1, 0.15) is 74.0 Å². The molecule has 3 rings (SSSR count). The monoisotopic (exact) mass is 568 g/mol. The Labute approximate surface area is 227 Å². The fraction of sp³-hybridized carbons (Fsp3) is 0.593. The second-order valence-corrected chi connectivity index (χ2v) is 13.1. The minimum atomic E-state index is -4.39. The summed E-state index contributed by atoms with van der Waals surface area (Å²) in [6.07, 6.45) is -0.579. The highest BCUT2D eigenvalue weighted by Crippen LogP contribution is 2.41. The number of ether oxygens (including phenoxy) is 1. The van der Waals surface area contributed by atoms with E-state index < -0.39 is 27.3 Å². The standard InChI is InChI=1S/C27H35F3N4O4S/c1-6-23-33-24(25(35)32-16-17-7-10-19(11-8-17)39(5,36)37)21(15-31)34(23)20-12-9-18(13-22(20)38-4)14-26(2,3)27(28,29)30/h9,12-13,17,19H,6-8,10-11,14,16H2,1-5H3,(H,32,35). The van der Waals surface area contributed by atoms with Gasteiger partial charge in [-0.15, -0.1) is 0 Å². The summed E-state index contributed by atoms with van der Waals surface area (Å²) in [4.78, 5) is 17.5. The number of benzene rings is 1. The number of rotatable bonds is 9. The number of carbonyl (C=O) groups excluding carboxylic acids is 1. The van der Waals surface area contributed by atoms with Crippen molar-refractivity contribution in [3.05, 3.63) is 41.0 Å². The third-order valence-electron chi connectivity index (χ3n) is 7.43. The molecule has 2 aromatic rings. The van der Waals surface area contributed by atoms with Gasteiger partial charge in [-0.1, -0.05) is 26.8 Å². The molecule has 8 nitrogen and oxygen atoms in total. The van der Waals surface area contributed by atoms with Gasteiger partial charge in [0.15, 0.2) is 11.4 Å². The van der Waals surface area contributed by atoms with Gasteiger partial charge in [0.2, 0.25) is 0 Å². The van der Waals surface area contributed by atoms with E-state index in [9.17, 15) is 31.6 Å². The number of halogens is 3. The number of sulfone groups is 1. The fourth-order valence-electron chi connectivity index (χ4n) is 4.94. The number of alkyl halides is 3. The third-order valence-corrected chi connectivity index (χ3v) is 9.12. The highest BCUT2D eigenvalue weighted by Gasteiger charge is 2.47. The summed E-state index contributed by atoms with van der Waals surface area (Å²) in [5, 5.41) is 12.5. The van der Waals surface area contributed by atoms with E-state index in [1.54, 1.807) is 12.1 Å². The molecule has 1 saturated carbocycles. The fourth-order valence-corrected chi connectivity index (χ4v) is 6.07. The van der Waals surface area contributed by atoms with Crippen LogP contribution in [0.2, 0.25) is 0 Å². The first-order chi connectivity index (χ1) is 18.1. The van der Waals surface area contributed by atoms with E-state index in [2.05, 4.69) is 16.4 Å². The zero-order chi connectivity index (χ0) is 29.2. The van der Waals surface area contributed by atoms with Crippen molar-refractivity contribution < 1.29 is 31.1 Å². The molecular formula is C27H35F3N4O4S. The van der Waals surface area contributed by atoms with Crippen molar-refractivity contribution in [2.75, 3.05) is 19.9 Å². The number of methoxy groups -OCH3 is 1. The van der Waals surface area contributed by atoms with E-state index in [1.807, 2.05) is 6.92 Å². The van der Waals surface area contributed by atoms with Gasteiger partial charge in [-0.05, 0) is 55.7 Å². The third kappa shape index (κ3) is 6.75. The van der Waals surface area contributed by atoms with Crippen LogP contribution in [0.3, 0.4) is 0 Å². The van der Waals surface area contributed by atoms with Crippen LogP contribution < -0.4 is 10.1 Å². The number of nitrogens with zero attached hydrogens (tertiary/aromatic N) is 3. The molecule has 1 aliphatic rings. The molecule has 1 amide bonds. The van der Waals surface area contributed by atoms with E-state index in [-0.39, 0.29) is 34.7 Å². The second-order valence-electron chi connectivity index (χ2n) is 10.8. The molecule has 1 fully saturated rings. The van der Waals surface area contributed by atoms with Gasteiger partial charge in [0.25, 0.3) is 5.91 Å². The van der Waals surface area contributed by atoms with Crippen molar-refractivity contribution in [3.63, 3.8) is 0 Å². The number of nitriles is 1. The Kier molecular flexibility index (Phi) is 9.05. The largest absolute Gasteiger partial charge is 0.495 e. The van der Waals surface area contributed by atoms with Crippen LogP contribution in [0, 0.1) is 22.7 Å². The summed E-state index contributed by atoms with van der Waals surface area (Å²) in [6, 6.07) is 6.69. The highest BCUT2D eigenvalue weighted by atomic mass is 32.2. The summed E-state index contributed by atoms with van der Waals surface area (Å²) >= 11 is 0. The maximum atomic E-state index is 13.4. The Morgan fingerprint density at radius 1 is 1.23 bits per heavy atom. The van der Waals surface area contributed by atoms with E-state index in [4.69, 9.17) is 4.74 Å². The Morgan fingerprint density at radius 2 is 1.87 bits per heavy atom. The molecule has 0 spiro atoms. The van der Waals surface area contributed by atoms with Gasteiger partial charge in [0, 0.05) is 19.2 Å². The van der Waals surface area contributed by atoms with Crippen molar-refractivity contribution in [3.8, 4) is 17.5 Å². The molecule has 0 bridgehead atoms. The Bertz CT molecular complexity index is 1350. The van der Waals surface area contributed by atoms with Crippen LogP contribution in [0.25, 0.3) is 5.69 Å². The summed E-state index contributed by atoms with van der Waals surface area (Å²) in [7, 11) is -1.70. The van der Waals surface area contributed by atoms with Crippen LogP contribution in [0.5, 0.6) is 5.75 Å². The van der Waals surface area contributed by atoms with E-state index in [0.29, 0.717) is 55.7 Å². The first-order valence-electron chi connectivity index (χ1n) is 12.9. The molecule has 0 radical (unpaired) electrons. The lowest BCUT2D eigenvalue weighted by molar-refractivity contribution is -0.211. The molecule has 0 unspecified atom stereocenters. The lowest BCUT2D eigenvalue weighted by Gasteiger charge is -2.28. The zero-order valence-corrected chi connectivity index (χ0v) is 23.7. The lowest BCUT2D eigenvalue weighted by Crippen LogP contribution is -2.34. The van der Waals surface area contributed by atoms with Crippen LogP contribution in [-0.2, 0) is 22.7 Å². The highest BCUT2D eigenvalue weighted by molar-refractivity contribution is 7.91. The quantitative estimate of drug-likeness (QED) is 0.466. The number of aromatic nitrogens is 2. The molecule has 12 heteroatoms. The normalized spacial score (nSPS) is 18.4. The van der Waals surface area contributed by atoms with Crippen LogP contribution in [-0.4, -0.2) is 55.2 Å². The molecule has 1 aromatic carbocycles. The van der Waals surface area contributed by atoms with Crippen molar-refractivity contribution in [2.45, 2.75) is 70.7 Å². The molecule has 1 N–H and O–H groups in total. The number of hydrogen-bond acceptors (Lipinski definition) is 6. The van der Waals surface area contributed by atoms with Gasteiger partial charge in [-0.25, -0.2) is 13.4 Å². The van der Waals surface area contributed by atoms with Gasteiger partial charge in [-0.3, -0.25) is 9.36 Å². The minimum Gasteiger partial charge on any atom is -0.495 e. The summed E-state index contributed by atoms with van der Waals surface area (Å²) < 4.78 is 70.9. The number of hydrogen-bond donors (Lipinski definition) is 1. The van der Waals surface area contributed by atoms with Gasteiger partial charge < -0.3 is 10.1 Å². The van der Waals surface area contributed by atoms with Crippen molar-refractivity contribution in [1.82, 2.24) is 14.9 Å². The first-order valence-corrected chi connectivity index (χ1v) is 14.8. The Hall–Kier alpha value is -3.07. The molecule has 39 heavy (non-hydrogen) atoms. The summed E-state index contributed by atoms with van der Waals surface area (Å²) in [5.41, 5.74) is -1.20. The van der Waals surface area contributed by atoms with E-state index in [0.717, 1.165) is 13.8 Å². The molecule has 0 atom stereocenters. The van der Waals surface area contributed by atoms with E-state index in [1.165, 1.54) is 24.0 Å². The predicted molar refractivity (Wildman–Crippen MR) is 141 cm³/mol. The van der Waals surface area contributed by atoms with Gasteiger partial charge in [-0.2, -0.15) is 18.4 Å². The molecule has 1 aliphatic carbocycles. The molecule has 0 aliphatic heterocycles. The molecule has 0 saturated heterocycles. The topological polar surface area (TPSA) is 114 Å². The average molecular weight is 569 g/mol. The van der Waals surface area contributed by atoms with Gasteiger partial charge in [0.1, 0.15) is 27.5 Å². The lowest BCUT2D eigenvalue weighted by atomic mass is 9.85. The predicted octanol–water partition coefficient (Wildman–Crippen LogP) is 4.78. The minimum absolute atomic E-state index is 0.00759. The zero-order valence-electron chi connectivity index (χ0n) is 22.9. The number of imidazole rings is 1. The average Bonchev–Trinajstić information content (AvgIpc) is 3.24. The van der Waals surface area contributed by atoms with Crippen molar-refractivity contribution >= 4 is 15.7 Å². The Morgan fingerprint density at radius 3 is 2.38 bits per heavy atom. The molecule has 1 aromatic heterocycles. The van der Waals surface area contributed by atoms with Crippen LogP contribution in [0.15, 0.2) is 18.2 Å². The maximum Gasteiger partial charge on any atom is 0.394 e. The number of amides is 1. The maximum absolute atomic E-state index is 13.4. The van der Waals surface area contributed by atoms with E-state index >= 15 is 0 Å². The molecule has 214 valence electrons. The molecular weight excluding hydrogens is 533 g/mol.